The molecule has 27 heavy (non-hydrogen) atoms. The highest BCUT2D eigenvalue weighted by Crippen LogP contribution is 2.21. The third-order valence-electron chi connectivity index (χ3n) is 4.37. The second kappa shape index (κ2) is 9.55. The van der Waals surface area contributed by atoms with Gasteiger partial charge in [0, 0.05) is 13.0 Å². The Balaban J connectivity index is 1.90. The molecule has 2 aromatic carbocycles. The van der Waals surface area contributed by atoms with Crippen LogP contribution in [-0.4, -0.2) is 33.7 Å². The van der Waals surface area contributed by atoms with Crippen LogP contribution < -0.4 is 9.62 Å². The summed E-state index contributed by atoms with van der Waals surface area (Å²) in [4.78, 5) is 12.0. The van der Waals surface area contributed by atoms with Gasteiger partial charge in [-0.25, -0.2) is 8.42 Å². The number of carbonyl (C=O) groups excluding carboxylic acids is 1. The van der Waals surface area contributed by atoms with E-state index < -0.39 is 10.0 Å². The molecule has 0 atom stereocenters. The van der Waals surface area contributed by atoms with Gasteiger partial charge in [-0.1, -0.05) is 56.3 Å². The van der Waals surface area contributed by atoms with E-state index in [0.29, 0.717) is 24.4 Å². The second-order valence-corrected chi connectivity index (χ2v) is 8.82. The smallest absolute Gasteiger partial charge is 0.232 e. The Morgan fingerprint density at radius 2 is 1.67 bits per heavy atom. The van der Waals surface area contributed by atoms with Crippen LogP contribution in [0.3, 0.4) is 0 Å². The fourth-order valence-electron chi connectivity index (χ4n) is 2.80. The number of hydrogen-bond acceptors (Lipinski definition) is 3. The zero-order valence-electron chi connectivity index (χ0n) is 16.2. The lowest BCUT2D eigenvalue weighted by atomic mass is 10.0. The number of rotatable bonds is 9. The fraction of sp³-hybridized carbons (Fsp3) is 0.381. The molecule has 0 aromatic heterocycles. The van der Waals surface area contributed by atoms with Gasteiger partial charge >= 0.3 is 0 Å². The highest BCUT2D eigenvalue weighted by molar-refractivity contribution is 7.92. The lowest BCUT2D eigenvalue weighted by molar-refractivity contribution is -0.120. The van der Waals surface area contributed by atoms with Gasteiger partial charge in [0.2, 0.25) is 15.9 Å². The number of nitrogens with one attached hydrogen (secondary N) is 1. The summed E-state index contributed by atoms with van der Waals surface area (Å²) in [7, 11) is -3.42. The van der Waals surface area contributed by atoms with Gasteiger partial charge in [-0.3, -0.25) is 9.10 Å². The average Bonchev–Trinajstić information content (AvgIpc) is 2.63. The van der Waals surface area contributed by atoms with Crippen LogP contribution >= 0.6 is 0 Å². The van der Waals surface area contributed by atoms with Crippen molar-refractivity contribution in [3.63, 3.8) is 0 Å². The van der Waals surface area contributed by atoms with Crippen molar-refractivity contribution in [3.8, 4) is 0 Å². The van der Waals surface area contributed by atoms with Gasteiger partial charge in [0.15, 0.2) is 0 Å². The van der Waals surface area contributed by atoms with Crippen LogP contribution in [0, 0.1) is 0 Å². The zero-order valence-corrected chi connectivity index (χ0v) is 17.0. The van der Waals surface area contributed by atoms with Crippen molar-refractivity contribution in [2.45, 2.75) is 32.6 Å². The van der Waals surface area contributed by atoms with Crippen LogP contribution in [0.5, 0.6) is 0 Å². The summed E-state index contributed by atoms with van der Waals surface area (Å²) in [6, 6.07) is 17.3. The first-order chi connectivity index (χ1) is 12.8. The molecule has 0 saturated heterocycles. The number of carbonyl (C=O) groups is 1. The molecule has 2 rings (SSSR count). The molecule has 0 fully saturated rings. The van der Waals surface area contributed by atoms with E-state index in [4.69, 9.17) is 0 Å². The Morgan fingerprint density at radius 1 is 1.04 bits per heavy atom. The van der Waals surface area contributed by atoms with E-state index in [-0.39, 0.29) is 19.0 Å². The molecule has 0 saturated carbocycles. The first-order valence-electron chi connectivity index (χ1n) is 9.15. The van der Waals surface area contributed by atoms with Crippen molar-refractivity contribution in [2.24, 2.45) is 0 Å². The summed E-state index contributed by atoms with van der Waals surface area (Å²) < 4.78 is 25.6. The molecular weight excluding hydrogens is 360 g/mol. The summed E-state index contributed by atoms with van der Waals surface area (Å²) >= 11 is 0. The summed E-state index contributed by atoms with van der Waals surface area (Å²) in [6.07, 6.45) is 2.23. The average molecular weight is 389 g/mol. The van der Waals surface area contributed by atoms with E-state index in [1.54, 1.807) is 0 Å². The molecule has 0 aliphatic rings. The minimum atomic E-state index is -3.42. The monoisotopic (exact) mass is 388 g/mol. The van der Waals surface area contributed by atoms with Gasteiger partial charge in [0.05, 0.1) is 18.5 Å². The third-order valence-corrected chi connectivity index (χ3v) is 5.56. The predicted molar refractivity (Wildman–Crippen MR) is 110 cm³/mol. The number of aryl methyl sites for hydroxylation is 1. The van der Waals surface area contributed by atoms with Gasteiger partial charge in [0.25, 0.3) is 0 Å². The first-order valence-corrected chi connectivity index (χ1v) is 11.0. The highest BCUT2D eigenvalue weighted by atomic mass is 32.2. The van der Waals surface area contributed by atoms with Crippen molar-refractivity contribution in [1.82, 2.24) is 5.32 Å². The lowest BCUT2D eigenvalue weighted by Gasteiger charge is -2.23. The van der Waals surface area contributed by atoms with Crippen LogP contribution in [0.15, 0.2) is 54.6 Å². The van der Waals surface area contributed by atoms with E-state index in [1.807, 2.05) is 54.6 Å². The number of sulfonamides is 1. The molecular formula is C21H28N2O3S. The van der Waals surface area contributed by atoms with Crippen molar-refractivity contribution in [1.29, 1.82) is 0 Å². The molecule has 6 heteroatoms. The standard InChI is InChI=1S/C21H28N2O3S/c1-17(2)19-10-12-20(13-11-19)23(27(3,25)26)16-15-22-21(24)14-9-18-7-5-4-6-8-18/h4-8,10-13,17H,9,14-16H2,1-3H3,(H,22,24). The number of benzene rings is 2. The van der Waals surface area contributed by atoms with Gasteiger partial charge < -0.3 is 5.32 Å². The maximum atomic E-state index is 12.2. The maximum absolute atomic E-state index is 12.2. The molecule has 2 aromatic rings. The molecule has 0 bridgehead atoms. The van der Waals surface area contributed by atoms with Crippen LogP contribution in [-0.2, 0) is 21.2 Å². The molecule has 0 aliphatic heterocycles. The van der Waals surface area contributed by atoms with E-state index in [2.05, 4.69) is 19.2 Å². The fourth-order valence-corrected chi connectivity index (χ4v) is 3.73. The van der Waals surface area contributed by atoms with Gasteiger partial charge in [-0.15, -0.1) is 0 Å². The quantitative estimate of drug-likeness (QED) is 0.717. The minimum absolute atomic E-state index is 0.0811. The topological polar surface area (TPSA) is 66.5 Å². The lowest BCUT2D eigenvalue weighted by Crippen LogP contribution is -2.38. The molecule has 0 aliphatic carbocycles. The molecule has 0 heterocycles. The van der Waals surface area contributed by atoms with Crippen LogP contribution in [0.25, 0.3) is 0 Å². The largest absolute Gasteiger partial charge is 0.354 e. The van der Waals surface area contributed by atoms with Gasteiger partial charge in [-0.2, -0.15) is 0 Å². The van der Waals surface area contributed by atoms with Crippen molar-refractivity contribution in [3.05, 3.63) is 65.7 Å². The number of nitrogens with zero attached hydrogens (tertiary/aromatic N) is 1. The minimum Gasteiger partial charge on any atom is -0.354 e. The van der Waals surface area contributed by atoms with Crippen molar-refractivity contribution in [2.75, 3.05) is 23.7 Å². The van der Waals surface area contributed by atoms with Gasteiger partial charge in [-0.05, 0) is 35.6 Å². The number of anilines is 1. The van der Waals surface area contributed by atoms with E-state index in [0.717, 1.165) is 11.1 Å². The Kier molecular flexibility index (Phi) is 7.42. The second-order valence-electron chi connectivity index (χ2n) is 6.92. The van der Waals surface area contributed by atoms with Crippen LogP contribution in [0.4, 0.5) is 5.69 Å². The molecule has 0 spiro atoms. The third kappa shape index (κ3) is 6.71. The van der Waals surface area contributed by atoms with Crippen molar-refractivity contribution >= 4 is 21.6 Å². The summed E-state index contributed by atoms with van der Waals surface area (Å²) in [5.74, 6) is 0.303. The molecule has 0 radical (unpaired) electrons. The Hall–Kier alpha value is -2.34. The highest BCUT2D eigenvalue weighted by Gasteiger charge is 2.17. The van der Waals surface area contributed by atoms with Gasteiger partial charge in [0.1, 0.15) is 0 Å². The van der Waals surface area contributed by atoms with Crippen LogP contribution in [0.2, 0.25) is 0 Å². The van der Waals surface area contributed by atoms with E-state index in [9.17, 15) is 13.2 Å². The molecule has 1 amide bonds. The Morgan fingerprint density at radius 3 is 2.22 bits per heavy atom. The Labute approximate surface area is 162 Å². The van der Waals surface area contributed by atoms with Crippen LogP contribution in [0.1, 0.15) is 37.3 Å². The summed E-state index contributed by atoms with van der Waals surface area (Å²) in [6.45, 7) is 4.66. The normalized spacial score (nSPS) is 11.4. The molecule has 146 valence electrons. The molecule has 5 nitrogen and oxygen atoms in total. The maximum Gasteiger partial charge on any atom is 0.232 e. The zero-order chi connectivity index (χ0) is 19.9. The Bertz CT molecular complexity index is 831. The van der Waals surface area contributed by atoms with E-state index in [1.165, 1.54) is 10.6 Å². The summed E-state index contributed by atoms with van der Waals surface area (Å²) in [5, 5.41) is 2.81. The van der Waals surface area contributed by atoms with E-state index >= 15 is 0 Å². The molecule has 0 unspecified atom stereocenters. The number of hydrogen-bond donors (Lipinski definition) is 1. The molecule has 1 N–H and O–H groups in total. The first kappa shape index (κ1) is 21.0. The number of amides is 1. The SMILES string of the molecule is CC(C)c1ccc(N(CCNC(=O)CCc2ccccc2)S(C)(=O)=O)cc1. The van der Waals surface area contributed by atoms with Crippen molar-refractivity contribution < 1.29 is 13.2 Å². The predicted octanol–water partition coefficient (Wildman–Crippen LogP) is 3.33. The summed E-state index contributed by atoms with van der Waals surface area (Å²) in [5.41, 5.74) is 2.87.